The van der Waals surface area contributed by atoms with E-state index in [1.807, 2.05) is 12.1 Å². The van der Waals surface area contributed by atoms with Crippen molar-refractivity contribution in [3.05, 3.63) is 30.2 Å². The number of hydrogen-bond donors (Lipinski definition) is 2. The van der Waals surface area contributed by atoms with Crippen molar-refractivity contribution in [2.45, 2.75) is 6.42 Å². The number of amides is 1. The standard InChI is InChI=1S/C11H9N3O/c12-11(15)3-1-2-9-5-4-8-6-13-7-10(8)14-9/h4-7,14H,2H2,(H2,12,15). The Hall–Kier alpha value is -2.28. The zero-order chi connectivity index (χ0) is 10.7. The van der Waals surface area contributed by atoms with Gasteiger partial charge in [0, 0.05) is 23.9 Å². The van der Waals surface area contributed by atoms with Crippen molar-refractivity contribution in [3.8, 4) is 23.1 Å². The molecule has 0 atom stereocenters. The van der Waals surface area contributed by atoms with Crippen LogP contribution >= 0.6 is 0 Å². The summed E-state index contributed by atoms with van der Waals surface area (Å²) in [6.45, 7) is 0. The minimum absolute atomic E-state index is 0.476. The average Bonchev–Trinajstić information content (AvgIpc) is 2.64. The van der Waals surface area contributed by atoms with Crippen molar-refractivity contribution in [1.82, 2.24) is 9.97 Å². The van der Waals surface area contributed by atoms with Crippen LogP contribution in [-0.2, 0) is 11.2 Å². The predicted molar refractivity (Wildman–Crippen MR) is 55.9 cm³/mol. The van der Waals surface area contributed by atoms with E-state index in [2.05, 4.69) is 21.8 Å². The first-order chi connectivity index (χ1) is 7.25. The molecule has 0 unspecified atom stereocenters. The predicted octanol–water partition coefficient (Wildman–Crippen LogP) is 0.546. The van der Waals surface area contributed by atoms with Gasteiger partial charge in [0.2, 0.25) is 0 Å². The molecule has 0 aromatic carbocycles. The van der Waals surface area contributed by atoms with Gasteiger partial charge in [-0.2, -0.15) is 0 Å². The first kappa shape index (κ1) is 9.28. The molecule has 2 aliphatic heterocycles. The number of carbonyl (C=O) groups excluding carboxylic acids is 1. The van der Waals surface area contributed by atoms with E-state index in [0.717, 1.165) is 17.0 Å². The number of pyridine rings is 1. The molecule has 2 rings (SSSR count). The Morgan fingerprint density at radius 3 is 3.13 bits per heavy atom. The number of aromatic amines is 1. The van der Waals surface area contributed by atoms with Gasteiger partial charge in [0.25, 0.3) is 5.91 Å². The number of H-pyrrole nitrogens is 1. The minimum Gasteiger partial charge on any atom is -0.359 e. The number of primary amides is 1. The molecule has 4 nitrogen and oxygen atoms in total. The summed E-state index contributed by atoms with van der Waals surface area (Å²) in [7, 11) is 0. The summed E-state index contributed by atoms with van der Waals surface area (Å²) in [5.41, 5.74) is 7.86. The van der Waals surface area contributed by atoms with Gasteiger partial charge in [-0.3, -0.25) is 9.78 Å². The second kappa shape index (κ2) is 3.84. The average molecular weight is 199 g/mol. The highest BCUT2D eigenvalue weighted by Crippen LogP contribution is 2.18. The Morgan fingerprint density at radius 1 is 1.47 bits per heavy atom. The fourth-order valence-corrected chi connectivity index (χ4v) is 1.31. The van der Waals surface area contributed by atoms with Gasteiger partial charge in [0.05, 0.1) is 11.9 Å². The Balaban J connectivity index is 2.20. The molecule has 0 spiro atoms. The number of nitrogens with two attached hydrogens (primary N) is 1. The maximum Gasteiger partial charge on any atom is 0.293 e. The Bertz CT molecular complexity index is 518. The van der Waals surface area contributed by atoms with E-state index in [4.69, 9.17) is 5.73 Å². The van der Waals surface area contributed by atoms with Crippen LogP contribution in [0, 0.1) is 11.8 Å². The molecule has 0 saturated heterocycles. The van der Waals surface area contributed by atoms with Crippen molar-refractivity contribution in [3.63, 3.8) is 0 Å². The highest BCUT2D eigenvalue weighted by atomic mass is 16.1. The molecule has 0 aromatic rings. The largest absolute Gasteiger partial charge is 0.359 e. The van der Waals surface area contributed by atoms with Crippen LogP contribution in [0.15, 0.2) is 24.5 Å². The lowest BCUT2D eigenvalue weighted by molar-refractivity contribution is -0.112. The van der Waals surface area contributed by atoms with Gasteiger partial charge >= 0.3 is 0 Å². The van der Waals surface area contributed by atoms with Crippen LogP contribution in [0.1, 0.15) is 5.69 Å². The van der Waals surface area contributed by atoms with Crippen LogP contribution in [0.25, 0.3) is 11.3 Å². The third-order valence-corrected chi connectivity index (χ3v) is 1.98. The van der Waals surface area contributed by atoms with Gasteiger partial charge in [-0.1, -0.05) is 5.92 Å². The number of rotatable bonds is 1. The third-order valence-electron chi connectivity index (χ3n) is 1.98. The summed E-state index contributed by atoms with van der Waals surface area (Å²) in [4.78, 5) is 17.6. The summed E-state index contributed by atoms with van der Waals surface area (Å²) < 4.78 is 0. The molecule has 1 amide bonds. The van der Waals surface area contributed by atoms with Crippen LogP contribution in [0.3, 0.4) is 0 Å². The van der Waals surface area contributed by atoms with E-state index >= 15 is 0 Å². The highest BCUT2D eigenvalue weighted by molar-refractivity contribution is 5.91. The van der Waals surface area contributed by atoms with Crippen LogP contribution < -0.4 is 5.73 Å². The van der Waals surface area contributed by atoms with E-state index in [-0.39, 0.29) is 0 Å². The first-order valence-corrected chi connectivity index (χ1v) is 4.45. The molecule has 3 N–H and O–H groups in total. The second-order valence-electron chi connectivity index (χ2n) is 3.10. The molecule has 0 fully saturated rings. The summed E-state index contributed by atoms with van der Waals surface area (Å²) in [6, 6.07) is 3.87. The van der Waals surface area contributed by atoms with E-state index in [9.17, 15) is 4.79 Å². The van der Waals surface area contributed by atoms with Crippen molar-refractivity contribution in [1.29, 1.82) is 0 Å². The lowest BCUT2D eigenvalue weighted by Crippen LogP contribution is -2.06. The Kier molecular flexibility index (Phi) is 2.38. The Morgan fingerprint density at radius 2 is 2.33 bits per heavy atom. The number of carbonyl (C=O) groups is 1. The molecule has 0 radical (unpaired) electrons. The fraction of sp³-hybridized carbons (Fsp3) is 0.0909. The van der Waals surface area contributed by atoms with Crippen molar-refractivity contribution >= 4 is 5.91 Å². The zero-order valence-corrected chi connectivity index (χ0v) is 7.95. The number of nitrogens with zero attached hydrogens (tertiary/aromatic N) is 1. The number of nitrogens with one attached hydrogen (secondary N) is 1. The molecule has 4 heteroatoms. The van der Waals surface area contributed by atoms with E-state index in [1.165, 1.54) is 0 Å². The van der Waals surface area contributed by atoms with Gasteiger partial charge in [0.15, 0.2) is 0 Å². The molecule has 15 heavy (non-hydrogen) atoms. The first-order valence-electron chi connectivity index (χ1n) is 4.45. The second-order valence-corrected chi connectivity index (χ2v) is 3.10. The maximum absolute atomic E-state index is 10.4. The van der Waals surface area contributed by atoms with Gasteiger partial charge in [-0.25, -0.2) is 0 Å². The molecule has 2 heterocycles. The molecule has 0 bridgehead atoms. The van der Waals surface area contributed by atoms with Crippen molar-refractivity contribution in [2.24, 2.45) is 5.73 Å². The SMILES string of the molecule is NC(=O)C#CCc1ccc2cncc-2[nH]1. The van der Waals surface area contributed by atoms with Gasteiger partial charge in [-0.15, -0.1) is 0 Å². The molecule has 74 valence electrons. The fourth-order valence-electron chi connectivity index (χ4n) is 1.31. The van der Waals surface area contributed by atoms with E-state index in [1.54, 1.807) is 12.4 Å². The third kappa shape index (κ3) is 2.15. The van der Waals surface area contributed by atoms with Crippen molar-refractivity contribution < 1.29 is 4.79 Å². The smallest absolute Gasteiger partial charge is 0.293 e. The zero-order valence-electron chi connectivity index (χ0n) is 7.95. The molecule has 0 aliphatic carbocycles. The Labute approximate surface area is 86.9 Å². The quantitative estimate of drug-likeness (QED) is 0.658. The molecule has 0 aromatic heterocycles. The molecular formula is C11H9N3O. The van der Waals surface area contributed by atoms with Crippen LogP contribution in [0.4, 0.5) is 0 Å². The van der Waals surface area contributed by atoms with E-state index < -0.39 is 5.91 Å². The lowest BCUT2D eigenvalue weighted by Gasteiger charge is -2.01. The van der Waals surface area contributed by atoms with Crippen LogP contribution in [0.2, 0.25) is 0 Å². The molecule has 0 saturated carbocycles. The van der Waals surface area contributed by atoms with E-state index in [0.29, 0.717) is 6.42 Å². The normalized spacial score (nSPS) is 9.60. The minimum atomic E-state index is -0.606. The monoisotopic (exact) mass is 199 g/mol. The number of aromatic nitrogens is 2. The number of hydrogen-bond acceptors (Lipinski definition) is 2. The van der Waals surface area contributed by atoms with Crippen LogP contribution in [-0.4, -0.2) is 15.9 Å². The molecule has 2 aliphatic rings. The number of fused-ring (bicyclic) bond motifs is 1. The van der Waals surface area contributed by atoms with Gasteiger partial charge < -0.3 is 10.7 Å². The van der Waals surface area contributed by atoms with Crippen LogP contribution in [0.5, 0.6) is 0 Å². The van der Waals surface area contributed by atoms with Gasteiger partial charge in [0.1, 0.15) is 0 Å². The van der Waals surface area contributed by atoms with Crippen molar-refractivity contribution in [2.75, 3.05) is 0 Å². The lowest BCUT2D eigenvalue weighted by atomic mass is 10.2. The topological polar surface area (TPSA) is 71.8 Å². The summed E-state index contributed by atoms with van der Waals surface area (Å²) in [5, 5.41) is 0. The van der Waals surface area contributed by atoms with Gasteiger partial charge in [-0.05, 0) is 18.1 Å². The maximum atomic E-state index is 10.4. The summed E-state index contributed by atoms with van der Waals surface area (Å²) in [5.74, 6) is 4.37. The molecular weight excluding hydrogens is 190 g/mol. The summed E-state index contributed by atoms with van der Waals surface area (Å²) in [6.07, 6.45) is 4.01. The highest BCUT2D eigenvalue weighted by Gasteiger charge is 2.02. The summed E-state index contributed by atoms with van der Waals surface area (Å²) >= 11 is 0.